The van der Waals surface area contributed by atoms with Gasteiger partial charge in [0.05, 0.1) is 5.75 Å². The van der Waals surface area contributed by atoms with E-state index in [1.807, 2.05) is 0 Å². The maximum atomic E-state index is 13.1. The monoisotopic (exact) mass is 267 g/mol. The minimum absolute atomic E-state index is 0.0331. The molecule has 0 spiro atoms. The maximum Gasteiger partial charge on any atom is 0.330 e. The molecule has 0 saturated heterocycles. The van der Waals surface area contributed by atoms with Gasteiger partial charge in [0.1, 0.15) is 12.3 Å². The zero-order chi connectivity index (χ0) is 13.5. The largest absolute Gasteiger partial charge is 0.461 e. The van der Waals surface area contributed by atoms with E-state index in [0.717, 1.165) is 6.08 Å². The van der Waals surface area contributed by atoms with Crippen LogP contribution in [-0.2, 0) is 19.6 Å². The van der Waals surface area contributed by atoms with Gasteiger partial charge in [-0.25, -0.2) is 22.3 Å². The number of carbonyl (C=O) groups excluding carboxylic acids is 1. The first-order valence-electron chi connectivity index (χ1n) is 5.12. The van der Waals surface area contributed by atoms with Crippen molar-refractivity contribution in [3.63, 3.8) is 0 Å². The summed E-state index contributed by atoms with van der Waals surface area (Å²) in [6, 6.07) is 0. The number of carbonyl (C=O) groups is 1. The predicted octanol–water partition coefficient (Wildman–Crippen LogP) is 0.773. The second-order valence-corrected chi connectivity index (χ2v) is 5.98. The Bertz CT molecular complexity index is 359. The lowest BCUT2D eigenvalue weighted by Gasteiger charge is -2.14. The molecule has 0 unspecified atom stereocenters. The molecule has 0 rings (SSSR count). The van der Waals surface area contributed by atoms with E-state index in [1.54, 1.807) is 0 Å². The molecule has 0 aliphatic rings. The van der Waals surface area contributed by atoms with Crippen LogP contribution in [0.4, 0.5) is 4.39 Å². The van der Waals surface area contributed by atoms with Crippen LogP contribution in [0.3, 0.4) is 0 Å². The molecule has 0 bridgehead atoms. The van der Waals surface area contributed by atoms with E-state index in [1.165, 1.54) is 13.8 Å². The van der Waals surface area contributed by atoms with Crippen LogP contribution in [0, 0.1) is 0 Å². The van der Waals surface area contributed by atoms with Crippen LogP contribution in [0.25, 0.3) is 0 Å². The SMILES string of the molecule is C=CC(=O)OCCNS(=O)(=O)CCC(C)(C)F. The van der Waals surface area contributed by atoms with Crippen LogP contribution in [0.5, 0.6) is 0 Å². The molecule has 0 aliphatic carbocycles. The van der Waals surface area contributed by atoms with Gasteiger partial charge in [0.2, 0.25) is 10.0 Å². The lowest BCUT2D eigenvalue weighted by molar-refractivity contribution is -0.137. The first-order valence-corrected chi connectivity index (χ1v) is 6.77. The van der Waals surface area contributed by atoms with Gasteiger partial charge >= 0.3 is 5.97 Å². The molecule has 0 fully saturated rings. The Morgan fingerprint density at radius 1 is 1.53 bits per heavy atom. The van der Waals surface area contributed by atoms with Gasteiger partial charge in [-0.15, -0.1) is 0 Å². The van der Waals surface area contributed by atoms with Gasteiger partial charge in [-0.05, 0) is 20.3 Å². The number of alkyl halides is 1. The number of sulfonamides is 1. The molecule has 0 aromatic heterocycles. The number of halogens is 1. The zero-order valence-electron chi connectivity index (χ0n) is 10.0. The van der Waals surface area contributed by atoms with Crippen LogP contribution in [0.2, 0.25) is 0 Å². The van der Waals surface area contributed by atoms with E-state index < -0.39 is 21.7 Å². The van der Waals surface area contributed by atoms with E-state index in [4.69, 9.17) is 0 Å². The van der Waals surface area contributed by atoms with Gasteiger partial charge in [-0.2, -0.15) is 0 Å². The van der Waals surface area contributed by atoms with Gasteiger partial charge in [-0.3, -0.25) is 0 Å². The maximum absolute atomic E-state index is 13.1. The highest BCUT2D eigenvalue weighted by atomic mass is 32.2. The molecule has 0 amide bonds. The van der Waals surface area contributed by atoms with Crippen molar-refractivity contribution in [1.82, 2.24) is 4.72 Å². The van der Waals surface area contributed by atoms with Crippen molar-refractivity contribution in [3.8, 4) is 0 Å². The number of hydrogen-bond donors (Lipinski definition) is 1. The quantitative estimate of drug-likeness (QED) is 0.400. The molecule has 1 N–H and O–H groups in total. The lowest BCUT2D eigenvalue weighted by atomic mass is 10.1. The van der Waals surface area contributed by atoms with Crippen molar-refractivity contribution in [2.75, 3.05) is 18.9 Å². The summed E-state index contributed by atoms with van der Waals surface area (Å²) in [4.78, 5) is 10.6. The normalized spacial score (nSPS) is 12.2. The second-order valence-electron chi connectivity index (χ2n) is 4.05. The minimum atomic E-state index is -3.53. The average molecular weight is 267 g/mol. The molecular weight excluding hydrogens is 249 g/mol. The van der Waals surface area contributed by atoms with E-state index >= 15 is 0 Å². The summed E-state index contributed by atoms with van der Waals surface area (Å²) in [5, 5.41) is 0. The van der Waals surface area contributed by atoms with E-state index in [9.17, 15) is 17.6 Å². The third-order valence-corrected chi connectivity index (χ3v) is 3.19. The fourth-order valence-electron chi connectivity index (χ4n) is 0.857. The van der Waals surface area contributed by atoms with Crippen molar-refractivity contribution in [1.29, 1.82) is 0 Å². The molecule has 0 aliphatic heterocycles. The average Bonchev–Trinajstić information content (AvgIpc) is 2.20. The summed E-state index contributed by atoms with van der Waals surface area (Å²) in [5.41, 5.74) is -1.52. The Kier molecular flexibility index (Phi) is 6.33. The van der Waals surface area contributed by atoms with Gasteiger partial charge in [0, 0.05) is 12.6 Å². The molecule has 5 nitrogen and oxygen atoms in total. The van der Waals surface area contributed by atoms with E-state index in [2.05, 4.69) is 16.0 Å². The van der Waals surface area contributed by atoms with Gasteiger partial charge in [0.15, 0.2) is 0 Å². The molecule has 0 atom stereocenters. The van der Waals surface area contributed by atoms with Crippen LogP contribution < -0.4 is 4.72 Å². The molecule has 0 heterocycles. The first kappa shape index (κ1) is 16.1. The molecule has 0 radical (unpaired) electrons. The third kappa shape index (κ3) is 9.95. The van der Waals surface area contributed by atoms with Crippen molar-refractivity contribution in [3.05, 3.63) is 12.7 Å². The first-order chi connectivity index (χ1) is 7.66. The molecule has 17 heavy (non-hydrogen) atoms. The van der Waals surface area contributed by atoms with Gasteiger partial charge in [0.25, 0.3) is 0 Å². The Labute approximate surface area is 101 Å². The fraction of sp³-hybridized carbons (Fsp3) is 0.700. The summed E-state index contributed by atoms with van der Waals surface area (Å²) in [5.74, 6) is -0.916. The number of esters is 1. The zero-order valence-corrected chi connectivity index (χ0v) is 10.8. The summed E-state index contributed by atoms with van der Waals surface area (Å²) in [6.07, 6.45) is 0.898. The van der Waals surface area contributed by atoms with Gasteiger partial charge in [-0.1, -0.05) is 6.58 Å². The van der Waals surface area contributed by atoms with Crippen molar-refractivity contribution >= 4 is 16.0 Å². The standard InChI is InChI=1S/C10H18FNO4S/c1-4-9(13)16-7-6-12-17(14,15)8-5-10(2,3)11/h4,12H,1,5-8H2,2-3H3. The Morgan fingerprint density at radius 3 is 2.59 bits per heavy atom. The number of hydrogen-bond acceptors (Lipinski definition) is 4. The number of ether oxygens (including phenoxy) is 1. The van der Waals surface area contributed by atoms with Crippen LogP contribution in [0.1, 0.15) is 20.3 Å². The minimum Gasteiger partial charge on any atom is -0.461 e. The summed E-state index contributed by atoms with van der Waals surface area (Å²) in [6.45, 7) is 5.70. The lowest BCUT2D eigenvalue weighted by Crippen LogP contribution is -2.32. The predicted molar refractivity (Wildman–Crippen MR) is 62.7 cm³/mol. The van der Waals surface area contributed by atoms with Gasteiger partial charge < -0.3 is 4.74 Å². The highest BCUT2D eigenvalue weighted by Crippen LogP contribution is 2.14. The number of nitrogens with one attached hydrogen (secondary N) is 1. The summed E-state index contributed by atoms with van der Waals surface area (Å²) < 4.78 is 42.6. The molecule has 0 aromatic carbocycles. The molecule has 100 valence electrons. The van der Waals surface area contributed by atoms with Crippen LogP contribution in [0.15, 0.2) is 12.7 Å². The van der Waals surface area contributed by atoms with E-state index in [0.29, 0.717) is 0 Å². The van der Waals surface area contributed by atoms with Crippen LogP contribution in [-0.4, -0.2) is 39.0 Å². The number of rotatable bonds is 8. The van der Waals surface area contributed by atoms with E-state index in [-0.39, 0.29) is 25.3 Å². The smallest absolute Gasteiger partial charge is 0.330 e. The topological polar surface area (TPSA) is 72.5 Å². The third-order valence-electron chi connectivity index (χ3n) is 1.80. The Hall–Kier alpha value is -0.950. The van der Waals surface area contributed by atoms with Crippen molar-refractivity contribution in [2.24, 2.45) is 0 Å². The van der Waals surface area contributed by atoms with Crippen molar-refractivity contribution < 1.29 is 22.3 Å². The second kappa shape index (κ2) is 6.70. The molecule has 0 saturated carbocycles. The Balaban J connectivity index is 3.87. The Morgan fingerprint density at radius 2 is 2.12 bits per heavy atom. The molecule has 7 heteroatoms. The van der Waals surface area contributed by atoms with Crippen LogP contribution >= 0.6 is 0 Å². The summed E-state index contributed by atoms with van der Waals surface area (Å²) >= 11 is 0. The highest BCUT2D eigenvalue weighted by molar-refractivity contribution is 7.89. The summed E-state index contributed by atoms with van der Waals surface area (Å²) in [7, 11) is -3.53. The highest BCUT2D eigenvalue weighted by Gasteiger charge is 2.20. The fourth-order valence-corrected chi connectivity index (χ4v) is 2.15. The van der Waals surface area contributed by atoms with Crippen molar-refractivity contribution in [2.45, 2.75) is 25.9 Å². The molecular formula is C10H18FNO4S. The molecule has 0 aromatic rings.